The van der Waals surface area contributed by atoms with Crippen molar-refractivity contribution in [2.45, 2.75) is 0 Å². The fourth-order valence-electron chi connectivity index (χ4n) is 1.06. The van der Waals surface area contributed by atoms with Crippen LogP contribution in [0.1, 0.15) is 0 Å². The topological polar surface area (TPSA) is 93.6 Å². The van der Waals surface area contributed by atoms with Gasteiger partial charge >= 0.3 is 7.82 Å². The van der Waals surface area contributed by atoms with Crippen LogP contribution in [0.2, 0.25) is 5.02 Å². The fraction of sp³-hybridized carbons (Fsp3) is 0. The Morgan fingerprint density at radius 2 is 1.88 bits per heavy atom. The number of nitrogens with one attached hydrogen (secondary N) is 1. The SMILES string of the molecule is Clc1c[nH]c2ccc(Br)cc12.O=P(O)(O)O. The van der Waals surface area contributed by atoms with E-state index in [1.165, 1.54) is 0 Å². The summed E-state index contributed by atoms with van der Waals surface area (Å²) in [5, 5.41) is 1.82. The summed E-state index contributed by atoms with van der Waals surface area (Å²) >= 11 is 9.27. The largest absolute Gasteiger partial charge is 0.466 e. The van der Waals surface area contributed by atoms with Crippen molar-refractivity contribution in [3.8, 4) is 0 Å². The van der Waals surface area contributed by atoms with Crippen molar-refractivity contribution in [1.82, 2.24) is 4.98 Å². The van der Waals surface area contributed by atoms with E-state index in [1.54, 1.807) is 6.20 Å². The molecule has 0 aliphatic rings. The molecule has 1 heterocycles. The summed E-state index contributed by atoms with van der Waals surface area (Å²) in [5.74, 6) is 0. The van der Waals surface area contributed by atoms with Crippen LogP contribution in [0.25, 0.3) is 10.9 Å². The zero-order valence-electron chi connectivity index (χ0n) is 7.76. The third-order valence-electron chi connectivity index (χ3n) is 1.59. The van der Waals surface area contributed by atoms with Gasteiger partial charge < -0.3 is 19.7 Å². The van der Waals surface area contributed by atoms with Crippen LogP contribution in [0.4, 0.5) is 0 Å². The van der Waals surface area contributed by atoms with Crippen LogP contribution >= 0.6 is 35.4 Å². The molecule has 0 amide bonds. The highest BCUT2D eigenvalue weighted by Crippen LogP contribution is 2.26. The first-order valence-corrected chi connectivity index (χ1v) is 6.71. The van der Waals surface area contributed by atoms with Crippen LogP contribution in [0.3, 0.4) is 0 Å². The number of H-pyrrole nitrogens is 1. The average Bonchev–Trinajstić information content (AvgIpc) is 2.45. The summed E-state index contributed by atoms with van der Waals surface area (Å²) in [4.78, 5) is 24.6. The van der Waals surface area contributed by atoms with Crippen molar-refractivity contribution in [2.75, 3.05) is 0 Å². The van der Waals surface area contributed by atoms with Crippen molar-refractivity contribution >= 4 is 46.3 Å². The Hall–Kier alpha value is -0.360. The standard InChI is InChI=1S/C8H5BrClN.H3O4P/c9-5-1-2-8-6(3-5)7(10)4-11-8;1-5(2,3)4/h1-4,11H;(H3,1,2,3,4). The molecule has 2 aromatic rings. The fourth-order valence-corrected chi connectivity index (χ4v) is 1.63. The maximum absolute atomic E-state index is 8.88. The molecule has 1 aromatic carbocycles. The lowest BCUT2D eigenvalue weighted by atomic mass is 10.2. The number of aromatic nitrogens is 1. The van der Waals surface area contributed by atoms with E-state index in [0.29, 0.717) is 0 Å². The second kappa shape index (κ2) is 5.31. The summed E-state index contributed by atoms with van der Waals surface area (Å²) < 4.78 is 9.93. The molecular formula is C8H8BrClNO4P. The molecule has 88 valence electrons. The number of hydrogen-bond acceptors (Lipinski definition) is 1. The lowest BCUT2D eigenvalue weighted by molar-refractivity contribution is 0.275. The first-order valence-electron chi connectivity index (χ1n) is 3.98. The Kier molecular flexibility index (Phi) is 4.55. The van der Waals surface area contributed by atoms with Crippen LogP contribution < -0.4 is 0 Å². The van der Waals surface area contributed by atoms with Gasteiger partial charge in [-0.25, -0.2) is 4.57 Å². The lowest BCUT2D eigenvalue weighted by Crippen LogP contribution is -1.66. The Balaban J connectivity index is 0.000000221. The maximum atomic E-state index is 8.88. The summed E-state index contributed by atoms with van der Waals surface area (Å²) in [5.41, 5.74) is 1.07. The molecule has 0 spiro atoms. The van der Waals surface area contributed by atoms with E-state index >= 15 is 0 Å². The van der Waals surface area contributed by atoms with Crippen LogP contribution in [-0.4, -0.2) is 19.7 Å². The first-order chi connectivity index (χ1) is 7.27. The Labute approximate surface area is 104 Å². The third-order valence-corrected chi connectivity index (χ3v) is 2.40. The quantitative estimate of drug-likeness (QED) is 0.559. The van der Waals surface area contributed by atoms with Gasteiger partial charge in [0.15, 0.2) is 0 Å². The highest BCUT2D eigenvalue weighted by atomic mass is 79.9. The van der Waals surface area contributed by atoms with E-state index < -0.39 is 7.82 Å². The Morgan fingerprint density at radius 3 is 2.44 bits per heavy atom. The minimum atomic E-state index is -4.64. The average molecular weight is 328 g/mol. The Morgan fingerprint density at radius 1 is 1.31 bits per heavy atom. The molecule has 0 fully saturated rings. The van der Waals surface area contributed by atoms with Crippen molar-refractivity contribution in [3.05, 3.63) is 33.9 Å². The van der Waals surface area contributed by atoms with Crippen LogP contribution in [0, 0.1) is 0 Å². The highest BCUT2D eigenvalue weighted by Gasteiger charge is 2.00. The predicted molar refractivity (Wildman–Crippen MR) is 65.3 cm³/mol. The van der Waals surface area contributed by atoms with Crippen molar-refractivity contribution in [2.24, 2.45) is 0 Å². The molecule has 0 aliphatic carbocycles. The van der Waals surface area contributed by atoms with E-state index in [-0.39, 0.29) is 0 Å². The number of fused-ring (bicyclic) bond motifs is 1. The van der Waals surface area contributed by atoms with Gasteiger partial charge in [-0.1, -0.05) is 27.5 Å². The van der Waals surface area contributed by atoms with Crippen molar-refractivity contribution < 1.29 is 19.2 Å². The zero-order chi connectivity index (χ0) is 12.3. The number of halogens is 2. The monoisotopic (exact) mass is 327 g/mol. The number of benzene rings is 1. The molecule has 0 bridgehead atoms. The summed E-state index contributed by atoms with van der Waals surface area (Å²) in [7, 11) is -4.64. The van der Waals surface area contributed by atoms with Gasteiger partial charge in [-0.3, -0.25) is 0 Å². The van der Waals surface area contributed by atoms with Gasteiger partial charge in [-0.15, -0.1) is 0 Å². The number of hydrogen-bond donors (Lipinski definition) is 4. The molecule has 8 heteroatoms. The van der Waals surface area contributed by atoms with Crippen LogP contribution in [0.15, 0.2) is 28.9 Å². The molecule has 0 saturated heterocycles. The van der Waals surface area contributed by atoms with Crippen molar-refractivity contribution in [3.63, 3.8) is 0 Å². The Bertz CT molecular complexity index is 530. The van der Waals surface area contributed by atoms with Gasteiger partial charge in [-0.2, -0.15) is 0 Å². The molecule has 0 unspecified atom stereocenters. The number of phosphoric acid groups is 1. The molecule has 0 radical (unpaired) electrons. The molecule has 0 saturated carbocycles. The minimum Gasteiger partial charge on any atom is -0.360 e. The second-order valence-corrected chi connectivity index (χ2v) is 5.19. The smallest absolute Gasteiger partial charge is 0.360 e. The third kappa shape index (κ3) is 4.65. The van der Waals surface area contributed by atoms with Gasteiger partial charge in [0.05, 0.1) is 5.02 Å². The van der Waals surface area contributed by atoms with Gasteiger partial charge in [0.2, 0.25) is 0 Å². The van der Waals surface area contributed by atoms with Gasteiger partial charge in [0, 0.05) is 21.6 Å². The van der Waals surface area contributed by atoms with E-state index in [0.717, 1.165) is 20.4 Å². The predicted octanol–water partition coefficient (Wildman–Crippen LogP) is 2.66. The van der Waals surface area contributed by atoms with Crippen molar-refractivity contribution in [1.29, 1.82) is 0 Å². The van der Waals surface area contributed by atoms with Gasteiger partial charge in [0.1, 0.15) is 0 Å². The highest BCUT2D eigenvalue weighted by molar-refractivity contribution is 9.10. The first kappa shape index (κ1) is 13.7. The summed E-state index contributed by atoms with van der Waals surface area (Å²) in [6.07, 6.45) is 1.79. The normalized spacial score (nSPS) is 11.1. The molecule has 1 aromatic heterocycles. The number of rotatable bonds is 0. The van der Waals surface area contributed by atoms with Gasteiger partial charge in [-0.05, 0) is 18.2 Å². The second-order valence-electron chi connectivity index (χ2n) is 2.84. The van der Waals surface area contributed by atoms with E-state index in [1.807, 2.05) is 18.2 Å². The van der Waals surface area contributed by atoms with Crippen LogP contribution in [0.5, 0.6) is 0 Å². The molecule has 0 atom stereocenters. The van der Waals surface area contributed by atoms with E-state index in [2.05, 4.69) is 20.9 Å². The maximum Gasteiger partial charge on any atom is 0.466 e. The molecule has 5 nitrogen and oxygen atoms in total. The van der Waals surface area contributed by atoms with E-state index in [9.17, 15) is 0 Å². The molecule has 2 rings (SSSR count). The van der Waals surface area contributed by atoms with E-state index in [4.69, 9.17) is 30.8 Å². The molecular weight excluding hydrogens is 320 g/mol. The van der Waals surface area contributed by atoms with Crippen LogP contribution in [-0.2, 0) is 4.57 Å². The minimum absolute atomic E-state index is 0.765. The zero-order valence-corrected chi connectivity index (χ0v) is 11.0. The summed E-state index contributed by atoms with van der Waals surface area (Å²) in [6.45, 7) is 0. The molecule has 0 aliphatic heterocycles. The van der Waals surface area contributed by atoms with Gasteiger partial charge in [0.25, 0.3) is 0 Å². The lowest BCUT2D eigenvalue weighted by Gasteiger charge is -1.90. The number of aromatic amines is 1. The summed E-state index contributed by atoms with van der Waals surface area (Å²) in [6, 6.07) is 5.97. The molecule has 16 heavy (non-hydrogen) atoms. The molecule has 4 N–H and O–H groups in total.